The lowest BCUT2D eigenvalue weighted by atomic mass is 10.2. The molecule has 1 saturated carbocycles. The van der Waals surface area contributed by atoms with Crippen molar-refractivity contribution in [3.63, 3.8) is 0 Å². The molecule has 1 N–H and O–H groups in total. The van der Waals surface area contributed by atoms with Crippen LogP contribution in [0.25, 0.3) is 0 Å². The predicted molar refractivity (Wildman–Crippen MR) is 95.8 cm³/mol. The van der Waals surface area contributed by atoms with E-state index in [4.69, 9.17) is 14.0 Å². The minimum Gasteiger partial charge on any atom is -0.484 e. The van der Waals surface area contributed by atoms with Crippen molar-refractivity contribution in [2.45, 2.75) is 18.8 Å². The number of hydrogen-bond acceptors (Lipinski definition) is 6. The van der Waals surface area contributed by atoms with E-state index in [1.807, 2.05) is 0 Å². The number of aromatic nitrogens is 1. The minimum atomic E-state index is -0.342. The standard InChI is InChI=1S/C19H21N3O5/c23-18(22-7-9-25-10-8-22)12-26-15-5-3-14(4-6-15)20-19(24)17-11-16(21-27-17)13-1-2-13/h3-6,11,13H,1-2,7-10,12H2,(H,20,24). The molecule has 2 heterocycles. The molecule has 2 amide bonds. The van der Waals surface area contributed by atoms with E-state index in [2.05, 4.69) is 10.5 Å². The fraction of sp³-hybridized carbons (Fsp3) is 0.421. The van der Waals surface area contributed by atoms with E-state index in [0.717, 1.165) is 18.5 Å². The van der Waals surface area contributed by atoms with Gasteiger partial charge >= 0.3 is 0 Å². The Morgan fingerprint density at radius 1 is 1.19 bits per heavy atom. The second kappa shape index (κ2) is 7.79. The van der Waals surface area contributed by atoms with Crippen LogP contribution in [0.4, 0.5) is 5.69 Å². The summed E-state index contributed by atoms with van der Waals surface area (Å²) in [5.41, 5.74) is 1.45. The van der Waals surface area contributed by atoms with Gasteiger partial charge in [0.2, 0.25) is 5.76 Å². The van der Waals surface area contributed by atoms with E-state index in [1.165, 1.54) is 0 Å². The number of amides is 2. The highest BCUT2D eigenvalue weighted by atomic mass is 16.5. The van der Waals surface area contributed by atoms with Crippen LogP contribution in [0.15, 0.2) is 34.9 Å². The second-order valence-corrected chi connectivity index (χ2v) is 6.65. The lowest BCUT2D eigenvalue weighted by Gasteiger charge is -2.26. The third-order valence-corrected chi connectivity index (χ3v) is 4.59. The van der Waals surface area contributed by atoms with Crippen molar-refractivity contribution in [1.29, 1.82) is 0 Å². The summed E-state index contributed by atoms with van der Waals surface area (Å²) in [7, 11) is 0. The maximum Gasteiger partial charge on any atom is 0.294 e. The molecule has 1 saturated heterocycles. The molecule has 0 spiro atoms. The van der Waals surface area contributed by atoms with Crippen molar-refractivity contribution in [3.8, 4) is 5.75 Å². The topological polar surface area (TPSA) is 93.9 Å². The highest BCUT2D eigenvalue weighted by Crippen LogP contribution is 2.39. The van der Waals surface area contributed by atoms with Gasteiger partial charge in [0.25, 0.3) is 11.8 Å². The number of nitrogens with one attached hydrogen (secondary N) is 1. The summed E-state index contributed by atoms with van der Waals surface area (Å²) in [4.78, 5) is 26.0. The van der Waals surface area contributed by atoms with E-state index >= 15 is 0 Å². The summed E-state index contributed by atoms with van der Waals surface area (Å²) in [6.45, 7) is 2.29. The second-order valence-electron chi connectivity index (χ2n) is 6.65. The molecule has 142 valence electrons. The first-order valence-corrected chi connectivity index (χ1v) is 9.05. The maximum atomic E-state index is 12.2. The molecular weight excluding hydrogens is 350 g/mol. The summed E-state index contributed by atoms with van der Waals surface area (Å²) in [5, 5.41) is 6.69. The number of morpholine rings is 1. The normalized spacial score (nSPS) is 16.8. The van der Waals surface area contributed by atoms with Gasteiger partial charge in [-0.15, -0.1) is 0 Å². The van der Waals surface area contributed by atoms with E-state index in [9.17, 15) is 9.59 Å². The zero-order chi connectivity index (χ0) is 18.6. The van der Waals surface area contributed by atoms with Crippen molar-refractivity contribution in [2.75, 3.05) is 38.2 Å². The Morgan fingerprint density at radius 2 is 1.93 bits per heavy atom. The van der Waals surface area contributed by atoms with E-state index in [0.29, 0.717) is 43.7 Å². The van der Waals surface area contributed by atoms with Gasteiger partial charge in [-0.3, -0.25) is 9.59 Å². The minimum absolute atomic E-state index is 0.0201. The molecule has 1 aliphatic carbocycles. The van der Waals surface area contributed by atoms with Gasteiger partial charge < -0.3 is 24.2 Å². The summed E-state index contributed by atoms with van der Waals surface area (Å²) in [6, 6.07) is 8.54. The molecule has 0 unspecified atom stereocenters. The lowest BCUT2D eigenvalue weighted by Crippen LogP contribution is -2.42. The highest BCUT2D eigenvalue weighted by molar-refractivity contribution is 6.02. The van der Waals surface area contributed by atoms with E-state index < -0.39 is 0 Å². The molecule has 1 aromatic heterocycles. The molecule has 0 atom stereocenters. The molecule has 1 aliphatic heterocycles. The average molecular weight is 371 g/mol. The third-order valence-electron chi connectivity index (χ3n) is 4.59. The Kier molecular flexibility index (Phi) is 5.06. The van der Waals surface area contributed by atoms with Crippen LogP contribution >= 0.6 is 0 Å². The van der Waals surface area contributed by atoms with Crippen LogP contribution in [-0.2, 0) is 9.53 Å². The molecule has 2 aromatic rings. The Bertz CT molecular complexity index is 807. The quantitative estimate of drug-likeness (QED) is 0.835. The van der Waals surface area contributed by atoms with Gasteiger partial charge in [-0.05, 0) is 37.1 Å². The number of carbonyl (C=O) groups is 2. The largest absolute Gasteiger partial charge is 0.484 e. The number of nitrogens with zero attached hydrogens (tertiary/aromatic N) is 2. The summed E-state index contributed by atoms with van der Waals surface area (Å²) in [5.74, 6) is 0.795. The van der Waals surface area contributed by atoms with Crippen molar-refractivity contribution in [3.05, 3.63) is 41.8 Å². The van der Waals surface area contributed by atoms with Gasteiger partial charge in [0.1, 0.15) is 5.75 Å². The Labute approximate surface area is 156 Å². The van der Waals surface area contributed by atoms with Gasteiger partial charge in [0.05, 0.1) is 18.9 Å². The summed E-state index contributed by atoms with van der Waals surface area (Å²) >= 11 is 0. The van der Waals surface area contributed by atoms with Crippen molar-refractivity contribution >= 4 is 17.5 Å². The van der Waals surface area contributed by atoms with Crippen LogP contribution in [0.2, 0.25) is 0 Å². The van der Waals surface area contributed by atoms with Crippen LogP contribution in [0.5, 0.6) is 5.75 Å². The van der Waals surface area contributed by atoms with Gasteiger partial charge in [0.15, 0.2) is 6.61 Å². The fourth-order valence-corrected chi connectivity index (χ4v) is 2.84. The molecule has 0 radical (unpaired) electrons. The number of carbonyl (C=O) groups excluding carboxylic acids is 2. The van der Waals surface area contributed by atoms with E-state index in [1.54, 1.807) is 35.2 Å². The summed E-state index contributed by atoms with van der Waals surface area (Å²) in [6.07, 6.45) is 2.20. The molecule has 2 fully saturated rings. The van der Waals surface area contributed by atoms with Gasteiger partial charge in [-0.25, -0.2) is 0 Å². The molecule has 2 aliphatic rings. The Balaban J connectivity index is 1.27. The third kappa shape index (κ3) is 4.46. The van der Waals surface area contributed by atoms with Crippen molar-refractivity contribution in [2.24, 2.45) is 0 Å². The monoisotopic (exact) mass is 371 g/mol. The van der Waals surface area contributed by atoms with Gasteiger partial charge in [-0.1, -0.05) is 5.16 Å². The Hall–Kier alpha value is -2.87. The molecule has 27 heavy (non-hydrogen) atoms. The number of hydrogen-bond donors (Lipinski definition) is 1. The lowest BCUT2D eigenvalue weighted by molar-refractivity contribution is -0.137. The number of benzene rings is 1. The first-order chi connectivity index (χ1) is 13.2. The smallest absolute Gasteiger partial charge is 0.294 e. The molecular formula is C19H21N3O5. The van der Waals surface area contributed by atoms with Crippen LogP contribution in [0.3, 0.4) is 0 Å². The van der Waals surface area contributed by atoms with Crippen LogP contribution in [0, 0.1) is 0 Å². The number of anilines is 1. The predicted octanol–water partition coefficient (Wildman–Crippen LogP) is 2.04. The van der Waals surface area contributed by atoms with Crippen molar-refractivity contribution < 1.29 is 23.6 Å². The maximum absolute atomic E-state index is 12.2. The van der Waals surface area contributed by atoms with E-state index in [-0.39, 0.29) is 24.2 Å². The fourth-order valence-electron chi connectivity index (χ4n) is 2.84. The zero-order valence-corrected chi connectivity index (χ0v) is 14.8. The first-order valence-electron chi connectivity index (χ1n) is 9.05. The van der Waals surface area contributed by atoms with Crippen LogP contribution in [0.1, 0.15) is 35.0 Å². The average Bonchev–Trinajstić information content (AvgIpc) is 3.44. The van der Waals surface area contributed by atoms with Crippen LogP contribution < -0.4 is 10.1 Å². The van der Waals surface area contributed by atoms with Gasteiger partial charge in [-0.2, -0.15) is 0 Å². The molecule has 4 rings (SSSR count). The Morgan fingerprint density at radius 3 is 2.63 bits per heavy atom. The SMILES string of the molecule is O=C(Nc1ccc(OCC(=O)N2CCOCC2)cc1)c1cc(C2CC2)no1. The number of ether oxygens (including phenoxy) is 2. The van der Waals surface area contributed by atoms with Gasteiger partial charge in [0, 0.05) is 30.8 Å². The van der Waals surface area contributed by atoms with Crippen LogP contribution in [-0.4, -0.2) is 54.8 Å². The number of rotatable bonds is 6. The molecule has 8 nitrogen and oxygen atoms in total. The molecule has 8 heteroatoms. The zero-order valence-electron chi connectivity index (χ0n) is 14.8. The van der Waals surface area contributed by atoms with Crippen molar-refractivity contribution in [1.82, 2.24) is 10.1 Å². The highest BCUT2D eigenvalue weighted by Gasteiger charge is 2.28. The molecule has 0 bridgehead atoms. The first kappa shape index (κ1) is 17.5. The molecule has 1 aromatic carbocycles. The summed E-state index contributed by atoms with van der Waals surface area (Å²) < 4.78 is 15.9.